The van der Waals surface area contributed by atoms with Crippen molar-refractivity contribution in [2.75, 3.05) is 20.1 Å². The smallest absolute Gasteiger partial charge is 0.317 e. The lowest BCUT2D eigenvalue weighted by Crippen LogP contribution is -2.54. The van der Waals surface area contributed by atoms with Crippen LogP contribution in [0.4, 0.5) is 4.79 Å². The summed E-state index contributed by atoms with van der Waals surface area (Å²) < 4.78 is 0. The molecule has 3 amide bonds. The molecule has 1 rings (SSSR count). The van der Waals surface area contributed by atoms with Gasteiger partial charge in [-0.15, -0.1) is 0 Å². The molecule has 1 fully saturated rings. The van der Waals surface area contributed by atoms with Crippen LogP contribution < -0.4 is 10.6 Å². The number of hydrogen-bond donors (Lipinski definition) is 3. The molecule has 7 heteroatoms. The van der Waals surface area contributed by atoms with Crippen LogP contribution >= 0.6 is 0 Å². The Balaban J connectivity index is 2.58. The number of likely N-dealkylation sites (tertiary alicyclic amines) is 1. The molecular formula is C13H23N3O4. The Labute approximate surface area is 118 Å². The van der Waals surface area contributed by atoms with Crippen molar-refractivity contribution in [2.24, 2.45) is 5.92 Å². The van der Waals surface area contributed by atoms with Gasteiger partial charge in [-0.05, 0) is 26.7 Å². The van der Waals surface area contributed by atoms with E-state index in [1.165, 1.54) is 0 Å². The first-order valence-corrected chi connectivity index (χ1v) is 6.75. The lowest BCUT2D eigenvalue weighted by atomic mass is 9.97. The van der Waals surface area contributed by atoms with Gasteiger partial charge >= 0.3 is 12.0 Å². The van der Waals surface area contributed by atoms with Crippen LogP contribution in [0.15, 0.2) is 0 Å². The van der Waals surface area contributed by atoms with Gasteiger partial charge in [-0.25, -0.2) is 4.79 Å². The zero-order valence-corrected chi connectivity index (χ0v) is 12.2. The highest BCUT2D eigenvalue weighted by atomic mass is 16.4. The van der Waals surface area contributed by atoms with Crippen LogP contribution in [0.2, 0.25) is 0 Å². The summed E-state index contributed by atoms with van der Waals surface area (Å²) in [5.41, 5.74) is -0.817. The van der Waals surface area contributed by atoms with Crippen molar-refractivity contribution in [3.63, 3.8) is 0 Å². The Morgan fingerprint density at radius 1 is 1.35 bits per heavy atom. The van der Waals surface area contributed by atoms with E-state index in [4.69, 9.17) is 5.11 Å². The zero-order chi connectivity index (χ0) is 15.3. The summed E-state index contributed by atoms with van der Waals surface area (Å²) in [6.45, 7) is 4.29. The van der Waals surface area contributed by atoms with Crippen LogP contribution in [0.3, 0.4) is 0 Å². The molecule has 0 aromatic heterocycles. The molecule has 1 unspecified atom stereocenters. The average molecular weight is 285 g/mol. The molecule has 1 saturated heterocycles. The van der Waals surface area contributed by atoms with E-state index in [-0.39, 0.29) is 24.3 Å². The molecular weight excluding hydrogens is 262 g/mol. The van der Waals surface area contributed by atoms with E-state index in [0.717, 1.165) is 12.8 Å². The number of carbonyl (C=O) groups is 3. The highest BCUT2D eigenvalue weighted by molar-refractivity contribution is 5.81. The van der Waals surface area contributed by atoms with Gasteiger partial charge in [0.05, 0.1) is 12.3 Å². The van der Waals surface area contributed by atoms with Crippen LogP contribution in [0.25, 0.3) is 0 Å². The Morgan fingerprint density at radius 2 is 2.00 bits per heavy atom. The van der Waals surface area contributed by atoms with Gasteiger partial charge in [0.1, 0.15) is 0 Å². The second-order valence-corrected chi connectivity index (χ2v) is 5.78. The minimum Gasteiger partial charge on any atom is -0.481 e. The van der Waals surface area contributed by atoms with Crippen molar-refractivity contribution >= 4 is 17.9 Å². The standard InChI is InChI=1S/C13H23N3O4/c1-13(2,7-10(17)18)15-12(20)16-6-4-5-9(8-16)11(19)14-3/h9H,4-8H2,1-3H3,(H,14,19)(H,15,20)(H,17,18). The Hall–Kier alpha value is -1.79. The highest BCUT2D eigenvalue weighted by Gasteiger charge is 2.31. The summed E-state index contributed by atoms with van der Waals surface area (Å²) in [6.07, 6.45) is 1.39. The van der Waals surface area contributed by atoms with Crippen LogP contribution in [-0.4, -0.2) is 53.6 Å². The first-order chi connectivity index (χ1) is 9.25. The van der Waals surface area contributed by atoms with E-state index in [9.17, 15) is 14.4 Å². The Morgan fingerprint density at radius 3 is 2.55 bits per heavy atom. The van der Waals surface area contributed by atoms with Gasteiger partial charge in [-0.1, -0.05) is 0 Å². The fourth-order valence-electron chi connectivity index (χ4n) is 2.37. The molecule has 3 N–H and O–H groups in total. The number of hydrogen-bond acceptors (Lipinski definition) is 3. The number of urea groups is 1. The molecule has 0 spiro atoms. The van der Waals surface area contributed by atoms with Gasteiger partial charge in [-0.3, -0.25) is 9.59 Å². The molecule has 0 saturated carbocycles. The van der Waals surface area contributed by atoms with Crippen molar-refractivity contribution in [1.82, 2.24) is 15.5 Å². The second-order valence-electron chi connectivity index (χ2n) is 5.78. The third kappa shape index (κ3) is 4.71. The monoisotopic (exact) mass is 285 g/mol. The Bertz CT molecular complexity index is 395. The summed E-state index contributed by atoms with van der Waals surface area (Å²) in [6, 6.07) is -0.315. The van der Waals surface area contributed by atoms with Crippen molar-refractivity contribution in [2.45, 2.75) is 38.6 Å². The number of carboxylic acids is 1. The van der Waals surface area contributed by atoms with Crippen molar-refractivity contribution in [1.29, 1.82) is 0 Å². The fraction of sp³-hybridized carbons (Fsp3) is 0.769. The van der Waals surface area contributed by atoms with Crippen LogP contribution in [0.5, 0.6) is 0 Å². The molecule has 1 atom stereocenters. The van der Waals surface area contributed by atoms with Gasteiger partial charge < -0.3 is 20.6 Å². The number of nitrogens with one attached hydrogen (secondary N) is 2. The SMILES string of the molecule is CNC(=O)C1CCCN(C(=O)NC(C)(C)CC(=O)O)C1. The molecule has 0 bridgehead atoms. The third-order valence-electron chi connectivity index (χ3n) is 3.36. The summed E-state index contributed by atoms with van der Waals surface area (Å²) in [4.78, 5) is 36.1. The normalized spacial score (nSPS) is 19.4. The lowest BCUT2D eigenvalue weighted by molar-refractivity contribution is -0.138. The van der Waals surface area contributed by atoms with Crippen LogP contribution in [0.1, 0.15) is 33.1 Å². The maximum atomic E-state index is 12.1. The molecule has 1 heterocycles. The zero-order valence-electron chi connectivity index (χ0n) is 12.2. The highest BCUT2D eigenvalue weighted by Crippen LogP contribution is 2.18. The van der Waals surface area contributed by atoms with Gasteiger partial charge in [0.2, 0.25) is 5.91 Å². The van der Waals surface area contributed by atoms with E-state index in [0.29, 0.717) is 13.1 Å². The molecule has 0 radical (unpaired) electrons. The minimum absolute atomic E-state index is 0.0627. The van der Waals surface area contributed by atoms with Crippen molar-refractivity contribution < 1.29 is 19.5 Å². The molecule has 7 nitrogen and oxygen atoms in total. The van der Waals surface area contributed by atoms with Crippen molar-refractivity contribution in [3.05, 3.63) is 0 Å². The number of carboxylic acid groups (broad SMARTS) is 1. The number of piperidine rings is 1. The van der Waals surface area contributed by atoms with Gasteiger partial charge in [0.25, 0.3) is 0 Å². The van der Waals surface area contributed by atoms with Gasteiger partial charge in [0.15, 0.2) is 0 Å². The van der Waals surface area contributed by atoms with Crippen molar-refractivity contribution in [3.8, 4) is 0 Å². The molecule has 20 heavy (non-hydrogen) atoms. The molecule has 1 aliphatic rings. The lowest BCUT2D eigenvalue weighted by Gasteiger charge is -2.34. The molecule has 0 aliphatic carbocycles. The minimum atomic E-state index is -0.961. The van der Waals surface area contributed by atoms with E-state index >= 15 is 0 Å². The second kappa shape index (κ2) is 6.58. The van der Waals surface area contributed by atoms with Gasteiger partial charge in [-0.2, -0.15) is 0 Å². The number of nitrogens with zero attached hydrogens (tertiary/aromatic N) is 1. The average Bonchev–Trinajstić information content (AvgIpc) is 2.35. The predicted molar refractivity (Wildman–Crippen MR) is 73.2 cm³/mol. The first kappa shape index (κ1) is 16.3. The summed E-state index contributed by atoms with van der Waals surface area (Å²) >= 11 is 0. The predicted octanol–water partition coefficient (Wildman–Crippen LogP) is 0.407. The van der Waals surface area contributed by atoms with E-state index < -0.39 is 11.5 Å². The van der Waals surface area contributed by atoms with E-state index in [1.807, 2.05) is 0 Å². The van der Waals surface area contributed by atoms with Crippen LogP contribution in [-0.2, 0) is 9.59 Å². The molecule has 114 valence electrons. The largest absolute Gasteiger partial charge is 0.481 e. The Kier molecular flexibility index (Phi) is 5.35. The fourth-order valence-corrected chi connectivity index (χ4v) is 2.37. The number of amides is 3. The van der Waals surface area contributed by atoms with Gasteiger partial charge in [0, 0.05) is 25.7 Å². The number of carbonyl (C=O) groups excluding carboxylic acids is 2. The molecule has 0 aromatic rings. The van der Waals surface area contributed by atoms with Crippen LogP contribution in [0, 0.1) is 5.92 Å². The van der Waals surface area contributed by atoms with E-state index in [2.05, 4.69) is 10.6 Å². The topological polar surface area (TPSA) is 98.7 Å². The third-order valence-corrected chi connectivity index (χ3v) is 3.36. The molecule has 0 aromatic carbocycles. The molecule has 1 aliphatic heterocycles. The number of aliphatic carboxylic acids is 1. The maximum absolute atomic E-state index is 12.1. The summed E-state index contributed by atoms with van der Waals surface area (Å²) in [5.74, 6) is -1.22. The maximum Gasteiger partial charge on any atom is 0.317 e. The number of rotatable bonds is 4. The summed E-state index contributed by atoms with van der Waals surface area (Å²) in [7, 11) is 1.58. The van der Waals surface area contributed by atoms with E-state index in [1.54, 1.807) is 25.8 Å². The quantitative estimate of drug-likeness (QED) is 0.696. The summed E-state index contributed by atoms with van der Waals surface area (Å²) in [5, 5.41) is 14.1. The first-order valence-electron chi connectivity index (χ1n) is 6.75.